The summed E-state index contributed by atoms with van der Waals surface area (Å²) in [7, 11) is 0. The Bertz CT molecular complexity index is 680. The SMILES string of the molecule is Cc1ccc(C(=O)N2CCN(C(=O)c3cscn3)[C@@H](C)C2)o1. The molecule has 1 saturated heterocycles. The molecule has 1 fully saturated rings. The molecule has 0 aromatic carbocycles. The summed E-state index contributed by atoms with van der Waals surface area (Å²) in [4.78, 5) is 32.3. The molecular weight excluding hydrogens is 302 g/mol. The van der Waals surface area contributed by atoms with Crippen LogP contribution in [-0.2, 0) is 0 Å². The second-order valence-electron chi connectivity index (χ2n) is 5.38. The number of hydrogen-bond acceptors (Lipinski definition) is 5. The highest BCUT2D eigenvalue weighted by Crippen LogP contribution is 2.17. The lowest BCUT2D eigenvalue weighted by atomic mass is 10.1. The molecule has 0 saturated carbocycles. The van der Waals surface area contributed by atoms with Gasteiger partial charge in [-0.05, 0) is 26.0 Å². The van der Waals surface area contributed by atoms with Crippen molar-refractivity contribution in [1.29, 1.82) is 0 Å². The molecule has 2 aromatic heterocycles. The molecule has 2 amide bonds. The van der Waals surface area contributed by atoms with Crippen LogP contribution in [0.15, 0.2) is 27.4 Å². The largest absolute Gasteiger partial charge is 0.456 e. The molecule has 2 aromatic rings. The van der Waals surface area contributed by atoms with Crippen molar-refractivity contribution in [3.8, 4) is 0 Å². The van der Waals surface area contributed by atoms with E-state index in [1.165, 1.54) is 11.3 Å². The highest BCUT2D eigenvalue weighted by molar-refractivity contribution is 7.07. The first kappa shape index (κ1) is 14.8. The minimum atomic E-state index is -0.124. The van der Waals surface area contributed by atoms with Crippen LogP contribution in [-0.4, -0.2) is 52.3 Å². The standard InChI is InChI=1S/C15H17N3O3S/c1-10-7-17(15(20)13-4-3-11(2)21-13)5-6-18(10)14(19)12-8-22-9-16-12/h3-4,8-10H,5-7H2,1-2H3/t10-/m0/s1. The molecule has 0 spiro atoms. The van der Waals surface area contributed by atoms with Crippen molar-refractivity contribution >= 4 is 23.2 Å². The number of thiazole rings is 1. The molecule has 6 nitrogen and oxygen atoms in total. The van der Waals surface area contributed by atoms with E-state index in [9.17, 15) is 9.59 Å². The summed E-state index contributed by atoms with van der Waals surface area (Å²) in [6, 6.07) is 3.41. The molecule has 0 bridgehead atoms. The van der Waals surface area contributed by atoms with Crippen LogP contribution in [0.3, 0.4) is 0 Å². The molecule has 7 heteroatoms. The molecule has 1 atom stereocenters. The molecule has 3 rings (SSSR count). The summed E-state index contributed by atoms with van der Waals surface area (Å²) in [5.41, 5.74) is 2.12. The number of aromatic nitrogens is 1. The molecule has 0 N–H and O–H groups in total. The van der Waals surface area contributed by atoms with Gasteiger partial charge in [0.05, 0.1) is 5.51 Å². The first-order valence-electron chi connectivity index (χ1n) is 7.11. The minimum absolute atomic E-state index is 0.0528. The Morgan fingerprint density at radius 1 is 1.32 bits per heavy atom. The van der Waals surface area contributed by atoms with Gasteiger partial charge in [0.1, 0.15) is 11.5 Å². The predicted molar refractivity (Wildman–Crippen MR) is 82.0 cm³/mol. The lowest BCUT2D eigenvalue weighted by Gasteiger charge is -2.39. The van der Waals surface area contributed by atoms with Crippen LogP contribution >= 0.6 is 11.3 Å². The van der Waals surface area contributed by atoms with Gasteiger partial charge in [-0.3, -0.25) is 9.59 Å². The summed E-state index contributed by atoms with van der Waals surface area (Å²) in [5.74, 6) is 0.869. The number of piperazine rings is 1. The van der Waals surface area contributed by atoms with Crippen LogP contribution < -0.4 is 0 Å². The van der Waals surface area contributed by atoms with E-state index >= 15 is 0 Å². The van der Waals surface area contributed by atoms with Crippen LogP contribution in [0.1, 0.15) is 33.7 Å². The van der Waals surface area contributed by atoms with Crippen LogP contribution in [0.5, 0.6) is 0 Å². The van der Waals surface area contributed by atoms with Crippen LogP contribution in [0.2, 0.25) is 0 Å². The van der Waals surface area contributed by atoms with Crippen molar-refractivity contribution in [2.45, 2.75) is 19.9 Å². The molecule has 1 aliphatic rings. The van der Waals surface area contributed by atoms with Crippen molar-refractivity contribution in [2.75, 3.05) is 19.6 Å². The van der Waals surface area contributed by atoms with Gasteiger partial charge < -0.3 is 14.2 Å². The Morgan fingerprint density at radius 3 is 2.73 bits per heavy atom. The fourth-order valence-electron chi connectivity index (χ4n) is 2.61. The monoisotopic (exact) mass is 319 g/mol. The fourth-order valence-corrected chi connectivity index (χ4v) is 3.14. The van der Waals surface area contributed by atoms with Crippen molar-refractivity contribution in [3.05, 3.63) is 40.2 Å². The third kappa shape index (κ3) is 2.76. The Labute approximate surface area is 132 Å². The van der Waals surface area contributed by atoms with Crippen LogP contribution in [0.25, 0.3) is 0 Å². The van der Waals surface area contributed by atoms with Gasteiger partial charge in [-0.25, -0.2) is 4.98 Å². The van der Waals surface area contributed by atoms with Gasteiger partial charge in [0, 0.05) is 31.1 Å². The molecule has 116 valence electrons. The third-order valence-electron chi connectivity index (χ3n) is 3.78. The average Bonchev–Trinajstić information content (AvgIpc) is 3.17. The summed E-state index contributed by atoms with van der Waals surface area (Å²) in [6.45, 7) is 5.25. The summed E-state index contributed by atoms with van der Waals surface area (Å²) < 4.78 is 5.39. The van der Waals surface area contributed by atoms with Gasteiger partial charge in [0.2, 0.25) is 0 Å². The van der Waals surface area contributed by atoms with Gasteiger partial charge in [0.15, 0.2) is 5.76 Å². The zero-order valence-corrected chi connectivity index (χ0v) is 13.3. The van der Waals surface area contributed by atoms with E-state index in [2.05, 4.69) is 4.98 Å². The number of amides is 2. The maximum atomic E-state index is 12.4. The maximum absolute atomic E-state index is 12.4. The second-order valence-corrected chi connectivity index (χ2v) is 6.10. The van der Waals surface area contributed by atoms with E-state index in [0.29, 0.717) is 36.8 Å². The second kappa shape index (κ2) is 5.92. The lowest BCUT2D eigenvalue weighted by Crippen LogP contribution is -2.55. The zero-order chi connectivity index (χ0) is 15.7. The van der Waals surface area contributed by atoms with Crippen LogP contribution in [0.4, 0.5) is 0 Å². The maximum Gasteiger partial charge on any atom is 0.289 e. The van der Waals surface area contributed by atoms with Gasteiger partial charge in [0.25, 0.3) is 11.8 Å². The molecule has 3 heterocycles. The van der Waals surface area contributed by atoms with E-state index in [1.807, 2.05) is 13.8 Å². The number of rotatable bonds is 2. The van der Waals surface area contributed by atoms with E-state index in [-0.39, 0.29) is 17.9 Å². The lowest BCUT2D eigenvalue weighted by molar-refractivity contribution is 0.0396. The Kier molecular flexibility index (Phi) is 3.98. The van der Waals surface area contributed by atoms with Crippen molar-refractivity contribution in [2.24, 2.45) is 0 Å². The van der Waals surface area contributed by atoms with Gasteiger partial charge >= 0.3 is 0 Å². The molecule has 0 radical (unpaired) electrons. The topological polar surface area (TPSA) is 66.7 Å². The van der Waals surface area contributed by atoms with Crippen LogP contribution in [0, 0.1) is 6.92 Å². The van der Waals surface area contributed by atoms with E-state index < -0.39 is 0 Å². The Balaban J connectivity index is 1.67. The predicted octanol–water partition coefficient (Wildman–Crippen LogP) is 2.03. The molecule has 0 aliphatic carbocycles. The average molecular weight is 319 g/mol. The number of aryl methyl sites for hydroxylation is 1. The quantitative estimate of drug-likeness (QED) is 0.849. The molecule has 0 unspecified atom stereocenters. The first-order chi connectivity index (χ1) is 10.6. The number of carbonyl (C=O) groups is 2. The van der Waals surface area contributed by atoms with Crippen molar-refractivity contribution < 1.29 is 14.0 Å². The van der Waals surface area contributed by atoms with E-state index in [1.54, 1.807) is 32.8 Å². The summed E-state index contributed by atoms with van der Waals surface area (Å²) >= 11 is 1.40. The van der Waals surface area contributed by atoms with Crippen molar-refractivity contribution in [1.82, 2.24) is 14.8 Å². The summed E-state index contributed by atoms with van der Waals surface area (Å²) in [5, 5.41) is 1.75. The number of nitrogens with zero attached hydrogens (tertiary/aromatic N) is 3. The van der Waals surface area contributed by atoms with Gasteiger partial charge in [-0.15, -0.1) is 11.3 Å². The molecule has 22 heavy (non-hydrogen) atoms. The minimum Gasteiger partial charge on any atom is -0.456 e. The van der Waals surface area contributed by atoms with Gasteiger partial charge in [-0.1, -0.05) is 0 Å². The van der Waals surface area contributed by atoms with Gasteiger partial charge in [-0.2, -0.15) is 0 Å². The number of carbonyl (C=O) groups excluding carboxylic acids is 2. The molecular formula is C15H17N3O3S. The zero-order valence-electron chi connectivity index (χ0n) is 12.5. The first-order valence-corrected chi connectivity index (χ1v) is 8.05. The Hall–Kier alpha value is -2.15. The highest BCUT2D eigenvalue weighted by Gasteiger charge is 2.32. The fraction of sp³-hybridized carbons (Fsp3) is 0.400. The number of hydrogen-bond donors (Lipinski definition) is 0. The molecule has 1 aliphatic heterocycles. The van der Waals surface area contributed by atoms with Crippen molar-refractivity contribution in [3.63, 3.8) is 0 Å². The Morgan fingerprint density at radius 2 is 2.14 bits per heavy atom. The van der Waals surface area contributed by atoms with E-state index in [4.69, 9.17) is 4.42 Å². The summed E-state index contributed by atoms with van der Waals surface area (Å²) in [6.07, 6.45) is 0. The normalized spacial score (nSPS) is 18.5. The van der Waals surface area contributed by atoms with E-state index in [0.717, 1.165) is 0 Å². The third-order valence-corrected chi connectivity index (χ3v) is 4.36. The smallest absolute Gasteiger partial charge is 0.289 e. The number of furan rings is 1. The highest BCUT2D eigenvalue weighted by atomic mass is 32.1.